The Morgan fingerprint density at radius 2 is 2.64 bits per heavy atom. The first-order valence-electron chi connectivity index (χ1n) is 4.00. The Morgan fingerprint density at radius 1 is 1.82 bits per heavy atom. The fourth-order valence-electron chi connectivity index (χ4n) is 0.983. The normalized spacial score (nSPS) is 22.1. The second kappa shape index (κ2) is 4.11. The fraction of sp³-hybridized carbons (Fsp3) is 0.750. The van der Waals surface area contributed by atoms with E-state index < -0.39 is 0 Å². The van der Waals surface area contributed by atoms with E-state index in [2.05, 4.69) is 4.99 Å². The predicted octanol–water partition coefficient (Wildman–Crippen LogP) is 1.17. The van der Waals surface area contributed by atoms with Crippen molar-refractivity contribution >= 4 is 12.2 Å². The van der Waals surface area contributed by atoms with Gasteiger partial charge < -0.3 is 4.74 Å². The molecule has 0 radical (unpaired) electrons. The average molecular weight is 155 g/mol. The summed E-state index contributed by atoms with van der Waals surface area (Å²) < 4.78 is 4.92. The number of rotatable bonds is 3. The van der Waals surface area contributed by atoms with E-state index in [-0.39, 0.29) is 12.0 Å². The molecule has 0 bridgehead atoms. The van der Waals surface area contributed by atoms with E-state index in [9.17, 15) is 4.79 Å². The third-order valence-corrected chi connectivity index (χ3v) is 1.67. The van der Waals surface area contributed by atoms with Gasteiger partial charge in [0.05, 0.1) is 6.04 Å². The smallest absolute Gasteiger partial charge is 0.305 e. The van der Waals surface area contributed by atoms with E-state index >= 15 is 0 Å². The monoisotopic (exact) mass is 155 g/mol. The van der Waals surface area contributed by atoms with Gasteiger partial charge in [0, 0.05) is 6.42 Å². The lowest BCUT2D eigenvalue weighted by Crippen LogP contribution is -2.14. The van der Waals surface area contributed by atoms with Gasteiger partial charge in [0.1, 0.15) is 6.61 Å². The first kappa shape index (κ1) is 8.24. The summed E-state index contributed by atoms with van der Waals surface area (Å²) >= 11 is 0. The molecule has 1 rings (SSSR count). The lowest BCUT2D eigenvalue weighted by molar-refractivity contribution is -0.143. The number of hydrogen-bond donors (Lipinski definition) is 0. The van der Waals surface area contributed by atoms with E-state index in [1.54, 1.807) is 6.92 Å². The molecule has 0 aromatic heterocycles. The summed E-state index contributed by atoms with van der Waals surface area (Å²) in [6, 6.07) is 0.227. The Morgan fingerprint density at radius 3 is 3.18 bits per heavy atom. The molecule has 1 heterocycles. The minimum atomic E-state index is -0.132. The highest BCUT2D eigenvalue weighted by molar-refractivity contribution is 5.69. The van der Waals surface area contributed by atoms with E-state index in [0.717, 1.165) is 12.8 Å². The Bertz CT molecular complexity index is 165. The van der Waals surface area contributed by atoms with Crippen molar-refractivity contribution in [2.45, 2.75) is 32.2 Å². The third kappa shape index (κ3) is 2.70. The van der Waals surface area contributed by atoms with Gasteiger partial charge in [-0.25, -0.2) is 0 Å². The number of ether oxygens (including phenoxy) is 1. The van der Waals surface area contributed by atoms with Crippen molar-refractivity contribution in [2.24, 2.45) is 4.99 Å². The molecular formula is C8H13NO2. The molecule has 0 aromatic rings. The summed E-state index contributed by atoms with van der Waals surface area (Å²) in [6.45, 7) is 2.25. The molecule has 0 N–H and O–H groups in total. The van der Waals surface area contributed by atoms with Gasteiger partial charge in [-0.2, -0.15) is 0 Å². The van der Waals surface area contributed by atoms with Gasteiger partial charge in [-0.15, -0.1) is 0 Å². The van der Waals surface area contributed by atoms with Crippen LogP contribution in [0.5, 0.6) is 0 Å². The van der Waals surface area contributed by atoms with Crippen molar-refractivity contribution in [3.05, 3.63) is 0 Å². The Labute approximate surface area is 66.5 Å². The van der Waals surface area contributed by atoms with Crippen LogP contribution < -0.4 is 0 Å². The van der Waals surface area contributed by atoms with Gasteiger partial charge in [-0.3, -0.25) is 9.79 Å². The molecule has 0 amide bonds. The van der Waals surface area contributed by atoms with Crippen LogP contribution >= 0.6 is 0 Å². The van der Waals surface area contributed by atoms with Crippen LogP contribution in [-0.2, 0) is 9.53 Å². The summed E-state index contributed by atoms with van der Waals surface area (Å²) in [4.78, 5) is 14.8. The van der Waals surface area contributed by atoms with Gasteiger partial charge in [0.15, 0.2) is 0 Å². The SMILES string of the molecule is CCC(=O)OCC1CCC=N1. The first-order valence-corrected chi connectivity index (χ1v) is 4.00. The van der Waals surface area contributed by atoms with E-state index in [1.165, 1.54) is 0 Å². The molecule has 0 aromatic carbocycles. The van der Waals surface area contributed by atoms with Crippen LogP contribution in [0.2, 0.25) is 0 Å². The Hall–Kier alpha value is -0.860. The van der Waals surface area contributed by atoms with Crippen molar-refractivity contribution in [1.82, 2.24) is 0 Å². The Balaban J connectivity index is 2.11. The minimum absolute atomic E-state index is 0.132. The summed E-state index contributed by atoms with van der Waals surface area (Å²) in [5, 5.41) is 0. The maximum atomic E-state index is 10.7. The average Bonchev–Trinajstić information content (AvgIpc) is 2.52. The summed E-state index contributed by atoms with van der Waals surface area (Å²) in [5.41, 5.74) is 0. The van der Waals surface area contributed by atoms with E-state index in [1.807, 2.05) is 6.21 Å². The zero-order chi connectivity index (χ0) is 8.10. The molecule has 62 valence electrons. The molecule has 1 atom stereocenters. The predicted molar refractivity (Wildman–Crippen MR) is 42.8 cm³/mol. The fourth-order valence-corrected chi connectivity index (χ4v) is 0.983. The maximum absolute atomic E-state index is 10.7. The molecular weight excluding hydrogens is 142 g/mol. The quantitative estimate of drug-likeness (QED) is 0.574. The van der Waals surface area contributed by atoms with Crippen molar-refractivity contribution in [2.75, 3.05) is 6.61 Å². The van der Waals surface area contributed by atoms with Crippen LogP contribution in [0.15, 0.2) is 4.99 Å². The zero-order valence-corrected chi connectivity index (χ0v) is 6.75. The first-order chi connectivity index (χ1) is 5.33. The molecule has 11 heavy (non-hydrogen) atoms. The van der Waals surface area contributed by atoms with E-state index in [4.69, 9.17) is 4.74 Å². The highest BCUT2D eigenvalue weighted by Gasteiger charge is 2.11. The number of esters is 1. The highest BCUT2D eigenvalue weighted by Crippen LogP contribution is 2.08. The minimum Gasteiger partial charge on any atom is -0.463 e. The number of carbonyl (C=O) groups is 1. The number of aliphatic imine (C=N–C) groups is 1. The van der Waals surface area contributed by atoms with Crippen molar-refractivity contribution in [3.63, 3.8) is 0 Å². The van der Waals surface area contributed by atoms with Gasteiger partial charge >= 0.3 is 5.97 Å². The molecule has 3 heteroatoms. The number of nitrogens with zero attached hydrogens (tertiary/aromatic N) is 1. The molecule has 0 saturated heterocycles. The van der Waals surface area contributed by atoms with Crippen LogP contribution in [0.1, 0.15) is 26.2 Å². The molecule has 1 unspecified atom stereocenters. The maximum Gasteiger partial charge on any atom is 0.305 e. The van der Waals surface area contributed by atoms with Crippen LogP contribution in [0.3, 0.4) is 0 Å². The summed E-state index contributed by atoms with van der Waals surface area (Å²) in [6.07, 6.45) is 4.40. The van der Waals surface area contributed by atoms with Gasteiger partial charge in [-0.05, 0) is 19.1 Å². The third-order valence-electron chi connectivity index (χ3n) is 1.67. The highest BCUT2D eigenvalue weighted by atomic mass is 16.5. The van der Waals surface area contributed by atoms with Crippen LogP contribution in [0, 0.1) is 0 Å². The second-order valence-corrected chi connectivity index (χ2v) is 2.60. The van der Waals surface area contributed by atoms with Crippen LogP contribution in [0.4, 0.5) is 0 Å². The lowest BCUT2D eigenvalue weighted by atomic mass is 10.2. The second-order valence-electron chi connectivity index (χ2n) is 2.60. The summed E-state index contributed by atoms with van der Waals surface area (Å²) in [5.74, 6) is -0.132. The van der Waals surface area contributed by atoms with Gasteiger partial charge in [-0.1, -0.05) is 6.92 Å². The van der Waals surface area contributed by atoms with Crippen LogP contribution in [-0.4, -0.2) is 24.8 Å². The largest absolute Gasteiger partial charge is 0.463 e. The molecule has 1 aliphatic heterocycles. The standard InChI is InChI=1S/C8H13NO2/c1-2-8(10)11-6-7-4-3-5-9-7/h5,7H,2-4,6H2,1H3. The molecule has 0 saturated carbocycles. The molecule has 0 fully saturated rings. The van der Waals surface area contributed by atoms with Crippen molar-refractivity contribution < 1.29 is 9.53 Å². The topological polar surface area (TPSA) is 38.7 Å². The Kier molecular flexibility index (Phi) is 3.08. The number of hydrogen-bond acceptors (Lipinski definition) is 3. The van der Waals surface area contributed by atoms with E-state index in [0.29, 0.717) is 13.0 Å². The van der Waals surface area contributed by atoms with Crippen molar-refractivity contribution in [3.8, 4) is 0 Å². The molecule has 0 aliphatic carbocycles. The van der Waals surface area contributed by atoms with Crippen LogP contribution in [0.25, 0.3) is 0 Å². The van der Waals surface area contributed by atoms with Crippen molar-refractivity contribution in [1.29, 1.82) is 0 Å². The molecule has 0 spiro atoms. The summed E-state index contributed by atoms with van der Waals surface area (Å²) in [7, 11) is 0. The lowest BCUT2D eigenvalue weighted by Gasteiger charge is -2.06. The molecule has 1 aliphatic rings. The van der Waals surface area contributed by atoms with Gasteiger partial charge in [0.2, 0.25) is 0 Å². The number of carbonyl (C=O) groups excluding carboxylic acids is 1. The zero-order valence-electron chi connectivity index (χ0n) is 6.75. The van der Waals surface area contributed by atoms with Gasteiger partial charge in [0.25, 0.3) is 0 Å². The molecule has 3 nitrogen and oxygen atoms in total.